The number of aliphatic imine (C=N–C) groups is 1. The summed E-state index contributed by atoms with van der Waals surface area (Å²) in [5, 5.41) is 11.1. The number of hydrogen-bond acceptors (Lipinski definition) is 3. The lowest BCUT2D eigenvalue weighted by Crippen LogP contribution is -2.38. The number of anilines is 1. The Morgan fingerprint density at radius 2 is 2.00 bits per heavy atom. The molecule has 1 amide bonds. The molecule has 0 fully saturated rings. The molecule has 0 radical (unpaired) electrons. The molecule has 1 aromatic heterocycles. The highest BCUT2D eigenvalue weighted by atomic mass is 127. The van der Waals surface area contributed by atoms with Crippen molar-refractivity contribution in [3.05, 3.63) is 46.8 Å². The van der Waals surface area contributed by atoms with Crippen molar-refractivity contribution in [3.8, 4) is 0 Å². The number of rotatable bonds is 7. The number of carbonyl (C=O) groups excluding carboxylic acids is 1. The van der Waals surface area contributed by atoms with Crippen LogP contribution in [0.3, 0.4) is 0 Å². The van der Waals surface area contributed by atoms with Crippen LogP contribution in [0.1, 0.15) is 42.3 Å². The van der Waals surface area contributed by atoms with E-state index in [0.29, 0.717) is 19.5 Å². The number of aryl methyl sites for hydroxylation is 2. The van der Waals surface area contributed by atoms with E-state index in [1.54, 1.807) is 0 Å². The molecule has 0 bridgehead atoms. The van der Waals surface area contributed by atoms with E-state index >= 15 is 0 Å². The number of amides is 1. The Morgan fingerprint density at radius 1 is 1.23 bits per heavy atom. The predicted molar refractivity (Wildman–Crippen MR) is 133 cm³/mol. The summed E-state index contributed by atoms with van der Waals surface area (Å²) in [4.78, 5) is 19.2. The second-order valence-electron chi connectivity index (χ2n) is 7.42. The fraction of sp³-hybridized carbons (Fsp3) is 0.500. The molecule has 0 spiro atoms. The van der Waals surface area contributed by atoms with Gasteiger partial charge in [-0.1, -0.05) is 18.2 Å². The summed E-state index contributed by atoms with van der Waals surface area (Å²) in [7, 11) is 1.95. The third-order valence-corrected chi connectivity index (χ3v) is 5.45. The van der Waals surface area contributed by atoms with Crippen LogP contribution in [0.2, 0.25) is 0 Å². The molecule has 2 N–H and O–H groups in total. The first-order valence-corrected chi connectivity index (χ1v) is 10.4. The van der Waals surface area contributed by atoms with Crippen LogP contribution < -0.4 is 15.5 Å². The van der Waals surface area contributed by atoms with Crippen LogP contribution in [-0.4, -0.2) is 41.3 Å². The minimum absolute atomic E-state index is 0. The molecule has 164 valence electrons. The number of nitrogens with one attached hydrogen (secondary N) is 2. The lowest BCUT2D eigenvalue weighted by molar-refractivity contribution is -0.118. The van der Waals surface area contributed by atoms with Crippen LogP contribution in [0.25, 0.3) is 0 Å². The number of para-hydroxylation sites is 1. The van der Waals surface area contributed by atoms with Gasteiger partial charge in [0.25, 0.3) is 0 Å². The molecule has 1 aliphatic rings. The van der Waals surface area contributed by atoms with Crippen molar-refractivity contribution in [2.45, 2.75) is 46.6 Å². The predicted octanol–water partition coefficient (Wildman–Crippen LogP) is 3.08. The van der Waals surface area contributed by atoms with Gasteiger partial charge in [0.1, 0.15) is 0 Å². The van der Waals surface area contributed by atoms with Crippen LogP contribution in [-0.2, 0) is 24.8 Å². The SMILES string of the molecule is CCNC(=NCc1c(C)nn(C)c1C)NCCCC(=O)N1CCc2ccccc21.I. The van der Waals surface area contributed by atoms with Gasteiger partial charge in [-0.15, -0.1) is 24.0 Å². The lowest BCUT2D eigenvalue weighted by Gasteiger charge is -2.17. The van der Waals surface area contributed by atoms with Crippen molar-refractivity contribution in [1.82, 2.24) is 20.4 Å². The van der Waals surface area contributed by atoms with Gasteiger partial charge in [0.2, 0.25) is 5.91 Å². The smallest absolute Gasteiger partial charge is 0.227 e. The fourth-order valence-corrected chi connectivity index (χ4v) is 3.72. The van der Waals surface area contributed by atoms with Gasteiger partial charge in [-0.2, -0.15) is 5.10 Å². The summed E-state index contributed by atoms with van der Waals surface area (Å²) >= 11 is 0. The Hall–Kier alpha value is -2.10. The molecule has 3 rings (SSSR count). The Morgan fingerprint density at radius 3 is 2.70 bits per heavy atom. The van der Waals surface area contributed by atoms with Crippen LogP contribution >= 0.6 is 24.0 Å². The number of nitrogens with zero attached hydrogens (tertiary/aromatic N) is 4. The summed E-state index contributed by atoms with van der Waals surface area (Å²) in [6.07, 6.45) is 2.25. The first-order chi connectivity index (χ1) is 14.0. The summed E-state index contributed by atoms with van der Waals surface area (Å²) in [5.74, 6) is 0.967. The van der Waals surface area contributed by atoms with E-state index in [2.05, 4.69) is 33.7 Å². The van der Waals surface area contributed by atoms with Gasteiger partial charge in [-0.3, -0.25) is 9.48 Å². The highest BCUT2D eigenvalue weighted by Gasteiger charge is 2.23. The van der Waals surface area contributed by atoms with Crippen molar-refractivity contribution in [3.63, 3.8) is 0 Å². The number of carbonyl (C=O) groups is 1. The molecule has 0 saturated heterocycles. The van der Waals surface area contributed by atoms with Gasteiger partial charge >= 0.3 is 0 Å². The second kappa shape index (κ2) is 11.3. The lowest BCUT2D eigenvalue weighted by atomic mass is 10.2. The maximum Gasteiger partial charge on any atom is 0.227 e. The fourth-order valence-electron chi connectivity index (χ4n) is 3.72. The number of guanidine groups is 1. The third kappa shape index (κ3) is 5.74. The molecule has 7 nitrogen and oxygen atoms in total. The van der Waals surface area contributed by atoms with E-state index in [1.807, 2.05) is 48.7 Å². The van der Waals surface area contributed by atoms with Crippen LogP contribution in [0.5, 0.6) is 0 Å². The average Bonchev–Trinajstić information content (AvgIpc) is 3.24. The standard InChI is InChI=1S/C22H32N6O.HI/c1-5-23-22(25-15-19-16(2)26-27(4)17(19)3)24-13-8-11-21(29)28-14-12-18-9-6-7-10-20(18)28;/h6-7,9-10H,5,8,11-15H2,1-4H3,(H2,23,24,25);1H. The number of fused-ring (bicyclic) bond motifs is 1. The monoisotopic (exact) mass is 524 g/mol. The average molecular weight is 524 g/mol. The summed E-state index contributed by atoms with van der Waals surface area (Å²) in [6.45, 7) is 9.00. The van der Waals surface area contributed by atoms with E-state index in [-0.39, 0.29) is 29.9 Å². The Balaban J connectivity index is 0.00000320. The summed E-state index contributed by atoms with van der Waals surface area (Å²) in [6, 6.07) is 8.18. The number of halogens is 1. The molecule has 0 atom stereocenters. The molecule has 2 heterocycles. The molecular weight excluding hydrogens is 491 g/mol. The molecule has 0 aliphatic carbocycles. The molecule has 0 unspecified atom stereocenters. The first-order valence-electron chi connectivity index (χ1n) is 10.4. The van der Waals surface area contributed by atoms with E-state index in [9.17, 15) is 4.79 Å². The molecular formula is C22H33IN6O. The van der Waals surface area contributed by atoms with Crippen LogP contribution in [0, 0.1) is 13.8 Å². The van der Waals surface area contributed by atoms with Gasteiger partial charge in [0.15, 0.2) is 5.96 Å². The molecule has 0 saturated carbocycles. The quantitative estimate of drug-likeness (QED) is 0.253. The largest absolute Gasteiger partial charge is 0.357 e. The Bertz CT molecular complexity index is 892. The highest BCUT2D eigenvalue weighted by molar-refractivity contribution is 14.0. The second-order valence-corrected chi connectivity index (χ2v) is 7.42. The van der Waals surface area contributed by atoms with E-state index in [1.165, 1.54) is 5.56 Å². The zero-order chi connectivity index (χ0) is 20.8. The molecule has 8 heteroatoms. The van der Waals surface area contributed by atoms with E-state index < -0.39 is 0 Å². The molecule has 30 heavy (non-hydrogen) atoms. The zero-order valence-electron chi connectivity index (χ0n) is 18.4. The van der Waals surface area contributed by atoms with Crippen molar-refractivity contribution >= 4 is 41.5 Å². The molecule has 2 aromatic rings. The number of aromatic nitrogens is 2. The minimum Gasteiger partial charge on any atom is -0.357 e. The Kier molecular flexibility index (Phi) is 9.13. The number of hydrogen-bond donors (Lipinski definition) is 2. The highest BCUT2D eigenvalue weighted by Crippen LogP contribution is 2.27. The van der Waals surface area contributed by atoms with Crippen LogP contribution in [0.15, 0.2) is 29.3 Å². The first kappa shape index (κ1) is 24.2. The number of benzene rings is 1. The van der Waals surface area contributed by atoms with Gasteiger partial charge in [0.05, 0.1) is 12.2 Å². The van der Waals surface area contributed by atoms with Crippen molar-refractivity contribution in [1.29, 1.82) is 0 Å². The molecule has 1 aliphatic heterocycles. The topological polar surface area (TPSA) is 74.5 Å². The maximum absolute atomic E-state index is 12.6. The summed E-state index contributed by atoms with van der Waals surface area (Å²) in [5.41, 5.74) is 5.65. The zero-order valence-corrected chi connectivity index (χ0v) is 20.7. The van der Waals surface area contributed by atoms with Crippen molar-refractivity contribution < 1.29 is 4.79 Å². The molecule has 1 aromatic carbocycles. The normalized spacial score (nSPS) is 13.1. The van der Waals surface area contributed by atoms with Crippen molar-refractivity contribution in [2.24, 2.45) is 12.0 Å². The van der Waals surface area contributed by atoms with Gasteiger partial charge < -0.3 is 15.5 Å². The minimum atomic E-state index is 0. The summed E-state index contributed by atoms with van der Waals surface area (Å²) < 4.78 is 1.89. The van der Waals surface area contributed by atoms with E-state index in [0.717, 1.165) is 54.5 Å². The van der Waals surface area contributed by atoms with Crippen molar-refractivity contribution in [2.75, 3.05) is 24.5 Å². The maximum atomic E-state index is 12.6. The van der Waals surface area contributed by atoms with Gasteiger partial charge in [-0.05, 0) is 45.2 Å². The Labute approximate surface area is 196 Å². The van der Waals surface area contributed by atoms with Gasteiger partial charge in [-0.25, -0.2) is 4.99 Å². The van der Waals surface area contributed by atoms with Crippen LogP contribution in [0.4, 0.5) is 5.69 Å². The third-order valence-electron chi connectivity index (χ3n) is 5.45. The van der Waals surface area contributed by atoms with E-state index in [4.69, 9.17) is 0 Å². The van der Waals surface area contributed by atoms with Gasteiger partial charge in [0, 0.05) is 50.0 Å².